The zero-order valence-electron chi connectivity index (χ0n) is 18.9. The molecule has 0 aromatic heterocycles. The summed E-state index contributed by atoms with van der Waals surface area (Å²) in [4.78, 5) is 13.6. The van der Waals surface area contributed by atoms with Crippen LogP contribution in [-0.2, 0) is 14.8 Å². The van der Waals surface area contributed by atoms with E-state index in [0.29, 0.717) is 23.4 Å². The van der Waals surface area contributed by atoms with Gasteiger partial charge in [-0.05, 0) is 99.5 Å². The highest BCUT2D eigenvalue weighted by Gasteiger charge is 2.51. The molecule has 4 aliphatic carbocycles. The quantitative estimate of drug-likeness (QED) is 0.697. The second-order valence-corrected chi connectivity index (χ2v) is 12.2. The average Bonchev–Trinajstić information content (AvgIpc) is 2.73. The predicted octanol–water partition coefficient (Wildman–Crippen LogP) is 4.58. The van der Waals surface area contributed by atoms with Gasteiger partial charge in [0.1, 0.15) is 6.54 Å². The van der Waals surface area contributed by atoms with Gasteiger partial charge in [-0.3, -0.25) is 9.10 Å². The van der Waals surface area contributed by atoms with Gasteiger partial charge in [0.25, 0.3) is 10.0 Å². The van der Waals surface area contributed by atoms with Crippen molar-refractivity contribution in [3.05, 3.63) is 59.7 Å². The first-order chi connectivity index (χ1) is 15.2. The molecule has 5 nitrogen and oxygen atoms in total. The van der Waals surface area contributed by atoms with E-state index in [1.54, 1.807) is 30.3 Å². The fraction of sp³-hybridized carbons (Fsp3) is 0.500. The standard InChI is InChI=1S/C26H32N2O3S/c1-18-8-9-19(2)24(10-18)28(32(30,31)23-6-4-3-5-7-23)17-25(29)27-26-14-20-11-21(15-26)13-22(12-20)16-26/h3-10,20-22H,11-17H2,1-2H3,(H,27,29). The van der Waals surface area contributed by atoms with E-state index in [1.807, 2.05) is 32.0 Å². The van der Waals surface area contributed by atoms with Crippen LogP contribution in [0, 0.1) is 31.6 Å². The maximum absolute atomic E-state index is 13.6. The molecule has 4 fully saturated rings. The first-order valence-corrected chi connectivity index (χ1v) is 13.1. The Labute approximate surface area is 191 Å². The molecular weight excluding hydrogens is 420 g/mol. The Balaban J connectivity index is 1.45. The van der Waals surface area contributed by atoms with Crippen LogP contribution in [0.15, 0.2) is 53.4 Å². The van der Waals surface area contributed by atoms with Crippen LogP contribution in [0.5, 0.6) is 0 Å². The summed E-state index contributed by atoms with van der Waals surface area (Å²) in [6, 6.07) is 14.1. The van der Waals surface area contributed by atoms with Gasteiger partial charge in [-0.25, -0.2) is 8.42 Å². The van der Waals surface area contributed by atoms with E-state index in [-0.39, 0.29) is 22.9 Å². The molecule has 0 radical (unpaired) electrons. The molecule has 0 spiro atoms. The van der Waals surface area contributed by atoms with Gasteiger partial charge < -0.3 is 5.32 Å². The molecule has 0 unspecified atom stereocenters. The number of hydrogen-bond donors (Lipinski definition) is 1. The Hall–Kier alpha value is -2.34. The largest absolute Gasteiger partial charge is 0.349 e. The molecule has 1 amide bonds. The van der Waals surface area contributed by atoms with Gasteiger partial charge >= 0.3 is 0 Å². The van der Waals surface area contributed by atoms with Crippen molar-refractivity contribution in [2.24, 2.45) is 17.8 Å². The van der Waals surface area contributed by atoms with Crippen LogP contribution in [0.3, 0.4) is 0 Å². The number of rotatable bonds is 6. The van der Waals surface area contributed by atoms with E-state index in [9.17, 15) is 13.2 Å². The van der Waals surface area contributed by atoms with Crippen molar-refractivity contribution in [1.29, 1.82) is 0 Å². The highest BCUT2D eigenvalue weighted by molar-refractivity contribution is 7.92. The molecule has 6 rings (SSSR count). The lowest BCUT2D eigenvalue weighted by Gasteiger charge is -2.57. The normalized spacial score (nSPS) is 28.5. The predicted molar refractivity (Wildman–Crippen MR) is 126 cm³/mol. The second-order valence-electron chi connectivity index (χ2n) is 10.4. The van der Waals surface area contributed by atoms with E-state index in [0.717, 1.165) is 30.4 Å². The van der Waals surface area contributed by atoms with Gasteiger partial charge in [-0.2, -0.15) is 0 Å². The fourth-order valence-corrected chi connectivity index (χ4v) is 8.24. The minimum atomic E-state index is -3.88. The van der Waals surface area contributed by atoms with E-state index < -0.39 is 10.0 Å². The van der Waals surface area contributed by atoms with Gasteiger partial charge in [0.05, 0.1) is 10.6 Å². The number of anilines is 1. The Morgan fingerprint density at radius 1 is 0.969 bits per heavy atom. The number of carbonyl (C=O) groups excluding carboxylic acids is 1. The topological polar surface area (TPSA) is 66.5 Å². The lowest BCUT2D eigenvalue weighted by Crippen LogP contribution is -2.61. The van der Waals surface area contributed by atoms with E-state index in [2.05, 4.69) is 5.32 Å². The number of nitrogens with one attached hydrogen (secondary N) is 1. The van der Waals surface area contributed by atoms with Crippen LogP contribution in [0.2, 0.25) is 0 Å². The monoisotopic (exact) mass is 452 g/mol. The molecule has 2 aromatic carbocycles. The summed E-state index contributed by atoms with van der Waals surface area (Å²) in [7, 11) is -3.88. The van der Waals surface area contributed by atoms with Crippen molar-refractivity contribution in [1.82, 2.24) is 5.32 Å². The summed E-state index contributed by atoms with van der Waals surface area (Å²) >= 11 is 0. The van der Waals surface area contributed by atoms with Crippen molar-refractivity contribution in [3.63, 3.8) is 0 Å². The number of aryl methyl sites for hydroxylation is 2. The van der Waals surface area contributed by atoms with E-state index in [1.165, 1.54) is 23.6 Å². The van der Waals surface area contributed by atoms with Crippen molar-refractivity contribution in [2.45, 2.75) is 62.8 Å². The zero-order valence-corrected chi connectivity index (χ0v) is 19.7. The third-order valence-electron chi connectivity index (χ3n) is 7.69. The Kier molecular flexibility index (Phi) is 5.31. The first kappa shape index (κ1) is 21.5. The Morgan fingerprint density at radius 3 is 2.16 bits per heavy atom. The zero-order chi connectivity index (χ0) is 22.5. The van der Waals surface area contributed by atoms with Crippen LogP contribution >= 0.6 is 0 Å². The fourth-order valence-electron chi connectivity index (χ4n) is 6.74. The summed E-state index contributed by atoms with van der Waals surface area (Å²) in [5.41, 5.74) is 2.21. The van der Waals surface area contributed by atoms with Gasteiger partial charge in [-0.1, -0.05) is 30.3 Å². The van der Waals surface area contributed by atoms with Crippen LogP contribution in [0.1, 0.15) is 49.7 Å². The van der Waals surface area contributed by atoms with Gasteiger partial charge in [-0.15, -0.1) is 0 Å². The van der Waals surface area contributed by atoms with Crippen molar-refractivity contribution >= 4 is 21.6 Å². The number of carbonyl (C=O) groups is 1. The van der Waals surface area contributed by atoms with Crippen LogP contribution < -0.4 is 9.62 Å². The average molecular weight is 453 g/mol. The minimum absolute atomic E-state index is 0.143. The number of benzene rings is 2. The number of hydrogen-bond acceptors (Lipinski definition) is 3. The molecule has 6 heteroatoms. The lowest BCUT2D eigenvalue weighted by atomic mass is 9.53. The maximum atomic E-state index is 13.6. The summed E-state index contributed by atoms with van der Waals surface area (Å²) < 4.78 is 28.6. The summed E-state index contributed by atoms with van der Waals surface area (Å²) in [5.74, 6) is 1.94. The van der Waals surface area contributed by atoms with Gasteiger partial charge in [0.15, 0.2) is 0 Å². The molecule has 4 saturated carbocycles. The molecule has 0 saturated heterocycles. The third kappa shape index (κ3) is 3.94. The molecule has 0 aliphatic heterocycles. The molecule has 4 bridgehead atoms. The summed E-state index contributed by atoms with van der Waals surface area (Å²) in [5, 5.41) is 3.34. The minimum Gasteiger partial charge on any atom is -0.349 e. The lowest BCUT2D eigenvalue weighted by molar-refractivity contribution is -0.125. The molecule has 170 valence electrons. The van der Waals surface area contributed by atoms with Crippen molar-refractivity contribution in [3.8, 4) is 0 Å². The Bertz CT molecular complexity index is 1090. The molecule has 32 heavy (non-hydrogen) atoms. The summed E-state index contributed by atoms with van der Waals surface area (Å²) in [6.45, 7) is 3.62. The maximum Gasteiger partial charge on any atom is 0.264 e. The molecule has 0 heterocycles. The molecule has 2 aromatic rings. The number of nitrogens with zero attached hydrogens (tertiary/aromatic N) is 1. The van der Waals surface area contributed by atoms with Crippen molar-refractivity contribution < 1.29 is 13.2 Å². The van der Waals surface area contributed by atoms with E-state index >= 15 is 0 Å². The first-order valence-electron chi connectivity index (χ1n) is 11.7. The molecule has 1 N–H and O–H groups in total. The molecule has 0 atom stereocenters. The highest BCUT2D eigenvalue weighted by Crippen LogP contribution is 2.55. The highest BCUT2D eigenvalue weighted by atomic mass is 32.2. The van der Waals surface area contributed by atoms with E-state index in [4.69, 9.17) is 0 Å². The van der Waals surface area contributed by atoms with Crippen molar-refractivity contribution in [2.75, 3.05) is 10.8 Å². The molecule has 4 aliphatic rings. The number of sulfonamides is 1. The summed E-state index contributed by atoms with van der Waals surface area (Å²) in [6.07, 6.45) is 7.02. The van der Waals surface area contributed by atoms with Crippen LogP contribution in [0.25, 0.3) is 0 Å². The SMILES string of the molecule is Cc1ccc(C)c(N(CC(=O)NC23CC4CC(CC(C4)C2)C3)S(=O)(=O)c2ccccc2)c1. The molecular formula is C26H32N2O3S. The second kappa shape index (κ2) is 7.91. The van der Waals surface area contributed by atoms with Crippen LogP contribution in [-0.4, -0.2) is 26.4 Å². The van der Waals surface area contributed by atoms with Gasteiger partial charge in [0, 0.05) is 5.54 Å². The Morgan fingerprint density at radius 2 is 1.56 bits per heavy atom. The third-order valence-corrected chi connectivity index (χ3v) is 9.47. The van der Waals surface area contributed by atoms with Gasteiger partial charge in [0.2, 0.25) is 5.91 Å². The number of amides is 1. The van der Waals surface area contributed by atoms with Crippen LogP contribution in [0.4, 0.5) is 5.69 Å². The smallest absolute Gasteiger partial charge is 0.264 e.